The average molecular weight is 432 g/mol. The molecule has 0 atom stereocenters. The van der Waals surface area contributed by atoms with Crippen LogP contribution in [0.2, 0.25) is 0 Å². The Balaban J connectivity index is 1.69. The first kappa shape index (κ1) is 20.9. The minimum absolute atomic E-state index is 0.0552. The number of carboxylic acids is 1. The lowest BCUT2D eigenvalue weighted by Gasteiger charge is -2.10. The number of anilines is 1. The number of benzene rings is 3. The van der Waals surface area contributed by atoms with E-state index in [2.05, 4.69) is 4.72 Å². The first-order valence-corrected chi connectivity index (χ1v) is 11.1. The average Bonchev–Trinajstić information content (AvgIpc) is 2.68. The fraction of sp³-hybridized carbons (Fsp3) is 0.0952. The molecular weight excluding hydrogens is 413 g/mol. The lowest BCUT2D eigenvalue weighted by atomic mass is 10.1. The van der Waals surface area contributed by atoms with Crippen LogP contribution in [0.4, 0.5) is 10.1 Å². The molecule has 29 heavy (non-hydrogen) atoms. The Hall–Kier alpha value is -2.84. The second kappa shape index (κ2) is 8.67. The molecule has 0 saturated carbocycles. The Morgan fingerprint density at radius 1 is 1.03 bits per heavy atom. The van der Waals surface area contributed by atoms with Crippen molar-refractivity contribution in [2.45, 2.75) is 22.5 Å². The lowest BCUT2D eigenvalue weighted by Crippen LogP contribution is -2.14. The molecule has 8 heteroatoms. The van der Waals surface area contributed by atoms with Crippen LogP contribution in [0.3, 0.4) is 0 Å². The quantitative estimate of drug-likeness (QED) is 0.519. The predicted octanol–water partition coefficient (Wildman–Crippen LogP) is 4.93. The van der Waals surface area contributed by atoms with Crippen LogP contribution in [0.5, 0.6) is 0 Å². The van der Waals surface area contributed by atoms with E-state index < -0.39 is 16.0 Å². The number of aryl methyl sites for hydroxylation is 1. The summed E-state index contributed by atoms with van der Waals surface area (Å²) in [6, 6.07) is 17.1. The highest BCUT2D eigenvalue weighted by Gasteiger charge is 2.18. The summed E-state index contributed by atoms with van der Waals surface area (Å²) in [6.07, 6.45) is 0. The Kier molecular flexibility index (Phi) is 6.24. The topological polar surface area (TPSA) is 83.5 Å². The van der Waals surface area contributed by atoms with Crippen molar-refractivity contribution in [3.63, 3.8) is 0 Å². The number of halogens is 1. The second-order valence-corrected chi connectivity index (χ2v) is 9.06. The highest BCUT2D eigenvalue weighted by molar-refractivity contribution is 7.98. The normalized spacial score (nSPS) is 11.2. The molecule has 3 aromatic rings. The molecule has 3 aromatic carbocycles. The van der Waals surface area contributed by atoms with E-state index in [9.17, 15) is 22.7 Å². The molecule has 0 aliphatic carbocycles. The van der Waals surface area contributed by atoms with Gasteiger partial charge in [-0.1, -0.05) is 18.2 Å². The lowest BCUT2D eigenvalue weighted by molar-refractivity contribution is 0.0696. The van der Waals surface area contributed by atoms with Gasteiger partial charge in [-0.3, -0.25) is 4.72 Å². The zero-order valence-corrected chi connectivity index (χ0v) is 17.1. The third kappa shape index (κ3) is 5.36. The molecule has 3 rings (SSSR count). The Labute approximate surface area is 172 Å². The van der Waals surface area contributed by atoms with E-state index in [0.717, 1.165) is 16.5 Å². The van der Waals surface area contributed by atoms with E-state index in [1.807, 2.05) is 0 Å². The molecule has 0 bridgehead atoms. The summed E-state index contributed by atoms with van der Waals surface area (Å²) in [5, 5.41) is 9.19. The smallest absolute Gasteiger partial charge is 0.335 e. The summed E-state index contributed by atoms with van der Waals surface area (Å²) in [7, 11) is -3.91. The number of carbonyl (C=O) groups is 1. The van der Waals surface area contributed by atoms with Crippen molar-refractivity contribution in [1.29, 1.82) is 0 Å². The minimum Gasteiger partial charge on any atom is -0.478 e. The maximum absolute atomic E-state index is 12.9. The molecular formula is C21H18FNO4S2. The summed E-state index contributed by atoms with van der Waals surface area (Å²) in [4.78, 5) is 12.1. The van der Waals surface area contributed by atoms with Crippen molar-refractivity contribution < 1.29 is 22.7 Å². The van der Waals surface area contributed by atoms with Gasteiger partial charge in [-0.05, 0) is 66.6 Å². The third-order valence-electron chi connectivity index (χ3n) is 4.18. The largest absolute Gasteiger partial charge is 0.478 e. The van der Waals surface area contributed by atoms with Gasteiger partial charge in [0.1, 0.15) is 5.82 Å². The van der Waals surface area contributed by atoms with E-state index in [-0.39, 0.29) is 16.3 Å². The van der Waals surface area contributed by atoms with Crippen LogP contribution in [0.25, 0.3) is 0 Å². The van der Waals surface area contributed by atoms with Gasteiger partial charge in [0.2, 0.25) is 0 Å². The molecule has 0 fully saturated rings. The van der Waals surface area contributed by atoms with Crippen LogP contribution in [-0.2, 0) is 15.8 Å². The molecule has 0 aliphatic rings. The maximum Gasteiger partial charge on any atom is 0.335 e. The predicted molar refractivity (Wildman–Crippen MR) is 111 cm³/mol. The molecule has 0 spiro atoms. The number of rotatable bonds is 7. The number of hydrogen-bond donors (Lipinski definition) is 2. The third-order valence-corrected chi connectivity index (χ3v) is 6.64. The van der Waals surface area contributed by atoms with Gasteiger partial charge in [0.05, 0.1) is 10.5 Å². The molecule has 0 radical (unpaired) electrons. The van der Waals surface area contributed by atoms with Gasteiger partial charge in [0, 0.05) is 16.3 Å². The Bertz CT molecular complexity index is 1130. The molecule has 5 nitrogen and oxygen atoms in total. The summed E-state index contributed by atoms with van der Waals surface area (Å²) < 4.78 is 40.5. The minimum atomic E-state index is -3.91. The van der Waals surface area contributed by atoms with Crippen LogP contribution >= 0.6 is 11.8 Å². The number of hydrogen-bond acceptors (Lipinski definition) is 4. The number of thioether (sulfide) groups is 1. The van der Waals surface area contributed by atoms with E-state index in [0.29, 0.717) is 17.0 Å². The molecule has 0 aliphatic heterocycles. The van der Waals surface area contributed by atoms with Crippen molar-refractivity contribution in [3.8, 4) is 0 Å². The van der Waals surface area contributed by atoms with Gasteiger partial charge < -0.3 is 5.11 Å². The standard InChI is InChI=1S/C21H18FNO4S2/c1-14-2-11-19(12-20(14)21(24)25)29(26,27)23-17-7-9-18(10-8-17)28-13-15-3-5-16(22)6-4-15/h2-12,23H,13H2,1H3,(H,24,25). The fourth-order valence-corrected chi connectivity index (χ4v) is 4.52. The molecule has 0 aromatic heterocycles. The van der Waals surface area contributed by atoms with Crippen LogP contribution in [0.15, 0.2) is 76.5 Å². The molecule has 0 heterocycles. The van der Waals surface area contributed by atoms with Crippen LogP contribution in [0, 0.1) is 12.7 Å². The number of carboxylic acid groups (broad SMARTS) is 1. The van der Waals surface area contributed by atoms with Gasteiger partial charge >= 0.3 is 5.97 Å². The number of aromatic carboxylic acids is 1. The first-order valence-electron chi connectivity index (χ1n) is 8.59. The Morgan fingerprint density at radius 2 is 1.69 bits per heavy atom. The van der Waals surface area contributed by atoms with Crippen molar-refractivity contribution >= 4 is 33.4 Å². The molecule has 2 N–H and O–H groups in total. The highest BCUT2D eigenvalue weighted by atomic mass is 32.2. The summed E-state index contributed by atoms with van der Waals surface area (Å²) in [5.74, 6) is -0.798. The molecule has 0 amide bonds. The van der Waals surface area contributed by atoms with Crippen molar-refractivity contribution in [3.05, 3.63) is 89.2 Å². The molecule has 0 saturated heterocycles. The molecule has 0 unspecified atom stereocenters. The van der Waals surface area contributed by atoms with Crippen molar-refractivity contribution in [1.82, 2.24) is 0 Å². The van der Waals surface area contributed by atoms with Gasteiger partial charge in [0.15, 0.2) is 0 Å². The zero-order chi connectivity index (χ0) is 21.0. The zero-order valence-electron chi connectivity index (χ0n) is 15.4. The summed E-state index contributed by atoms with van der Waals surface area (Å²) >= 11 is 1.54. The van der Waals surface area contributed by atoms with Crippen molar-refractivity contribution in [2.24, 2.45) is 0 Å². The van der Waals surface area contributed by atoms with E-state index >= 15 is 0 Å². The Morgan fingerprint density at radius 3 is 2.31 bits per heavy atom. The monoisotopic (exact) mass is 431 g/mol. The van der Waals surface area contributed by atoms with Crippen molar-refractivity contribution in [2.75, 3.05) is 4.72 Å². The van der Waals surface area contributed by atoms with E-state index in [1.54, 1.807) is 55.1 Å². The SMILES string of the molecule is Cc1ccc(S(=O)(=O)Nc2ccc(SCc3ccc(F)cc3)cc2)cc1C(=O)O. The van der Waals surface area contributed by atoms with Crippen LogP contribution < -0.4 is 4.72 Å². The first-order chi connectivity index (χ1) is 13.7. The number of nitrogens with one attached hydrogen (secondary N) is 1. The molecule has 150 valence electrons. The van der Waals surface area contributed by atoms with E-state index in [4.69, 9.17) is 0 Å². The van der Waals surface area contributed by atoms with Gasteiger partial charge in [0.25, 0.3) is 10.0 Å². The second-order valence-electron chi connectivity index (χ2n) is 6.33. The van der Waals surface area contributed by atoms with Gasteiger partial charge in [-0.2, -0.15) is 0 Å². The fourth-order valence-electron chi connectivity index (χ4n) is 2.58. The van der Waals surface area contributed by atoms with E-state index in [1.165, 1.54) is 24.3 Å². The summed E-state index contributed by atoms with van der Waals surface area (Å²) in [6.45, 7) is 1.61. The number of sulfonamides is 1. The van der Waals surface area contributed by atoms with Gasteiger partial charge in [-0.15, -0.1) is 11.8 Å². The van der Waals surface area contributed by atoms with Crippen LogP contribution in [0.1, 0.15) is 21.5 Å². The van der Waals surface area contributed by atoms with Crippen LogP contribution in [-0.4, -0.2) is 19.5 Å². The maximum atomic E-state index is 12.9. The summed E-state index contributed by atoms with van der Waals surface area (Å²) in [5.41, 5.74) is 1.78. The highest BCUT2D eigenvalue weighted by Crippen LogP contribution is 2.26. The van der Waals surface area contributed by atoms with Gasteiger partial charge in [-0.25, -0.2) is 17.6 Å².